The lowest BCUT2D eigenvalue weighted by Gasteiger charge is -2.13. The summed E-state index contributed by atoms with van der Waals surface area (Å²) in [5.41, 5.74) is 0.738. The Morgan fingerprint density at radius 2 is 2.04 bits per heavy atom. The molecule has 8 nitrogen and oxygen atoms in total. The number of hydrogen-bond acceptors (Lipinski definition) is 6. The summed E-state index contributed by atoms with van der Waals surface area (Å²) >= 11 is 6.18. The first-order valence-electron chi connectivity index (χ1n) is 7.75. The molecule has 9 heteroatoms. The molecule has 3 rings (SSSR count). The van der Waals surface area contributed by atoms with Gasteiger partial charge in [0.05, 0.1) is 30.0 Å². The minimum Gasteiger partial charge on any atom is -0.465 e. The van der Waals surface area contributed by atoms with Crippen molar-refractivity contribution in [2.75, 3.05) is 7.11 Å². The van der Waals surface area contributed by atoms with Gasteiger partial charge in [0.1, 0.15) is 11.3 Å². The molecule has 1 aromatic heterocycles. The van der Waals surface area contributed by atoms with Crippen molar-refractivity contribution in [3.8, 4) is 22.6 Å². The number of H-pyrrole nitrogens is 1. The van der Waals surface area contributed by atoms with Gasteiger partial charge in [0, 0.05) is 11.1 Å². The van der Waals surface area contributed by atoms with E-state index in [0.717, 1.165) is 7.11 Å². The molecule has 0 bridgehead atoms. The Morgan fingerprint density at radius 1 is 1.26 bits per heavy atom. The van der Waals surface area contributed by atoms with E-state index in [4.69, 9.17) is 21.1 Å². The number of nitro groups is 1. The minimum atomic E-state index is -0.847. The molecule has 0 aliphatic rings. The van der Waals surface area contributed by atoms with E-state index in [-0.39, 0.29) is 22.6 Å². The van der Waals surface area contributed by atoms with Crippen LogP contribution in [0.3, 0.4) is 0 Å². The minimum absolute atomic E-state index is 0.196. The summed E-state index contributed by atoms with van der Waals surface area (Å²) < 4.78 is 10.4. The van der Waals surface area contributed by atoms with E-state index < -0.39 is 10.9 Å². The van der Waals surface area contributed by atoms with E-state index in [2.05, 4.69) is 10.2 Å². The maximum atomic E-state index is 12.2. The zero-order valence-corrected chi connectivity index (χ0v) is 15.1. The molecule has 0 saturated heterocycles. The van der Waals surface area contributed by atoms with Crippen molar-refractivity contribution in [1.82, 2.24) is 10.2 Å². The summed E-state index contributed by atoms with van der Waals surface area (Å²) in [6, 6.07) is 7.79. The number of hydrogen-bond donors (Lipinski definition) is 1. The van der Waals surface area contributed by atoms with Gasteiger partial charge in [-0.05, 0) is 30.2 Å². The number of esters is 1. The molecule has 0 fully saturated rings. The van der Waals surface area contributed by atoms with Gasteiger partial charge in [0.2, 0.25) is 0 Å². The third-order valence-corrected chi connectivity index (χ3v) is 4.35. The molecule has 138 valence electrons. The Hall–Kier alpha value is -3.39. The third kappa shape index (κ3) is 3.61. The molecule has 3 aromatic rings. The molecule has 0 spiro atoms. The van der Waals surface area contributed by atoms with Crippen molar-refractivity contribution in [2.24, 2.45) is 0 Å². The number of benzene rings is 2. The van der Waals surface area contributed by atoms with Crippen LogP contribution in [-0.2, 0) is 4.74 Å². The molecule has 0 aliphatic heterocycles. The van der Waals surface area contributed by atoms with Crippen LogP contribution in [0.15, 0.2) is 42.7 Å². The van der Waals surface area contributed by atoms with Gasteiger partial charge in [-0.15, -0.1) is 0 Å². The smallest absolute Gasteiger partial charge is 0.345 e. The summed E-state index contributed by atoms with van der Waals surface area (Å²) in [7, 11) is 1.15. The first kappa shape index (κ1) is 18.4. The van der Waals surface area contributed by atoms with Crippen molar-refractivity contribution in [3.05, 3.63) is 69.0 Å². The number of ether oxygens (including phenoxy) is 2. The summed E-state index contributed by atoms with van der Waals surface area (Å²) in [6.45, 7) is 1.74. The van der Waals surface area contributed by atoms with Gasteiger partial charge in [-0.3, -0.25) is 15.2 Å². The Bertz CT molecular complexity index is 1020. The highest BCUT2D eigenvalue weighted by Crippen LogP contribution is 2.40. The fourth-order valence-electron chi connectivity index (χ4n) is 2.66. The van der Waals surface area contributed by atoms with Gasteiger partial charge in [-0.2, -0.15) is 5.10 Å². The molecule has 2 aromatic carbocycles. The normalized spacial score (nSPS) is 10.5. The van der Waals surface area contributed by atoms with Crippen molar-refractivity contribution in [3.63, 3.8) is 0 Å². The fourth-order valence-corrected chi connectivity index (χ4v) is 2.84. The number of carbonyl (C=O) groups excluding carboxylic acids is 1. The van der Waals surface area contributed by atoms with Gasteiger partial charge in [-0.1, -0.05) is 23.7 Å². The molecular weight excluding hydrogens is 374 g/mol. The molecule has 0 amide bonds. The first-order chi connectivity index (χ1) is 12.9. The summed E-state index contributed by atoms with van der Waals surface area (Å²) in [6.07, 6.45) is 2.94. The van der Waals surface area contributed by atoms with Crippen LogP contribution in [0.2, 0.25) is 5.02 Å². The monoisotopic (exact) mass is 387 g/mol. The predicted octanol–water partition coefficient (Wildman–Crippen LogP) is 4.53. The van der Waals surface area contributed by atoms with Crippen LogP contribution in [0.5, 0.6) is 11.5 Å². The molecule has 0 aliphatic carbocycles. The van der Waals surface area contributed by atoms with E-state index in [1.54, 1.807) is 25.1 Å². The Balaban J connectivity index is 2.29. The number of aromatic nitrogens is 2. The van der Waals surface area contributed by atoms with Gasteiger partial charge in [-0.25, -0.2) is 4.79 Å². The molecule has 27 heavy (non-hydrogen) atoms. The average Bonchev–Trinajstić information content (AvgIpc) is 3.15. The third-order valence-electron chi connectivity index (χ3n) is 3.94. The molecule has 1 heterocycles. The second kappa shape index (κ2) is 7.46. The van der Waals surface area contributed by atoms with Crippen LogP contribution in [0, 0.1) is 17.0 Å². The second-order valence-corrected chi connectivity index (χ2v) is 5.97. The zero-order valence-electron chi connectivity index (χ0n) is 14.4. The number of nitrogens with zero attached hydrogens (tertiary/aromatic N) is 2. The number of nitrogens with one attached hydrogen (secondary N) is 1. The lowest BCUT2D eigenvalue weighted by Crippen LogP contribution is -2.08. The van der Waals surface area contributed by atoms with Crippen LogP contribution in [0.25, 0.3) is 11.1 Å². The summed E-state index contributed by atoms with van der Waals surface area (Å²) in [5, 5.41) is 18.6. The van der Waals surface area contributed by atoms with E-state index >= 15 is 0 Å². The highest BCUT2D eigenvalue weighted by molar-refractivity contribution is 6.31. The van der Waals surface area contributed by atoms with Gasteiger partial charge in [0.25, 0.3) is 5.69 Å². The van der Waals surface area contributed by atoms with Crippen LogP contribution in [-0.4, -0.2) is 28.2 Å². The SMILES string of the molecule is COC(=O)c1cc(Oc2cn[nH]c2)cc(-c2cccc(Cl)c2C)c1[N+](=O)[O-]. The fraction of sp³-hybridized carbons (Fsp3) is 0.111. The number of nitro benzene ring substituents is 1. The van der Waals surface area contributed by atoms with E-state index in [1.165, 1.54) is 24.5 Å². The highest BCUT2D eigenvalue weighted by atomic mass is 35.5. The lowest BCUT2D eigenvalue weighted by atomic mass is 9.96. The van der Waals surface area contributed by atoms with Crippen LogP contribution in [0.1, 0.15) is 15.9 Å². The van der Waals surface area contributed by atoms with Gasteiger partial charge in [0.15, 0.2) is 5.75 Å². The van der Waals surface area contributed by atoms with E-state index in [1.807, 2.05) is 0 Å². The van der Waals surface area contributed by atoms with Gasteiger partial charge < -0.3 is 9.47 Å². The van der Waals surface area contributed by atoms with E-state index in [0.29, 0.717) is 21.9 Å². The second-order valence-electron chi connectivity index (χ2n) is 5.56. The molecule has 0 radical (unpaired) electrons. The number of methoxy groups -OCH3 is 1. The molecule has 0 atom stereocenters. The zero-order chi connectivity index (χ0) is 19.6. The van der Waals surface area contributed by atoms with Crippen molar-refractivity contribution < 1.29 is 19.2 Å². The molecule has 1 N–H and O–H groups in total. The number of halogens is 1. The average molecular weight is 388 g/mol. The van der Waals surface area contributed by atoms with Crippen LogP contribution < -0.4 is 4.74 Å². The number of rotatable bonds is 5. The van der Waals surface area contributed by atoms with E-state index in [9.17, 15) is 14.9 Å². The summed E-state index contributed by atoms with van der Waals surface area (Å²) in [4.78, 5) is 23.4. The Labute approximate surface area is 158 Å². The standard InChI is InChI=1S/C18H14ClN3O5/c1-10-13(4-3-5-16(10)19)14-6-11(27-12-8-20-21-9-12)7-15(18(23)26-2)17(14)22(24)25/h3-9H,1-2H3,(H,20,21). The maximum absolute atomic E-state index is 12.2. The number of carbonyl (C=O) groups is 1. The largest absolute Gasteiger partial charge is 0.465 e. The van der Waals surface area contributed by atoms with Gasteiger partial charge >= 0.3 is 5.97 Å². The van der Waals surface area contributed by atoms with Crippen molar-refractivity contribution in [1.29, 1.82) is 0 Å². The van der Waals surface area contributed by atoms with Crippen LogP contribution in [0.4, 0.5) is 5.69 Å². The lowest BCUT2D eigenvalue weighted by molar-refractivity contribution is -0.384. The van der Waals surface area contributed by atoms with Crippen molar-refractivity contribution in [2.45, 2.75) is 6.92 Å². The Kier molecular flexibility index (Phi) is 5.09. The topological polar surface area (TPSA) is 107 Å². The molecule has 0 saturated carbocycles. The highest BCUT2D eigenvalue weighted by Gasteiger charge is 2.29. The van der Waals surface area contributed by atoms with Crippen molar-refractivity contribution >= 4 is 23.3 Å². The quantitative estimate of drug-likeness (QED) is 0.391. The molecule has 0 unspecified atom stereocenters. The summed E-state index contributed by atoms with van der Waals surface area (Å²) in [5.74, 6) is -0.245. The predicted molar refractivity (Wildman–Crippen MR) is 98.3 cm³/mol. The maximum Gasteiger partial charge on any atom is 0.345 e. The Morgan fingerprint density at radius 3 is 2.67 bits per heavy atom. The number of aromatic amines is 1. The first-order valence-corrected chi connectivity index (χ1v) is 8.13. The molecular formula is C18H14ClN3O5. The van der Waals surface area contributed by atoms with Crippen LogP contribution >= 0.6 is 11.6 Å².